The monoisotopic (exact) mass is 287 g/mol. The van der Waals surface area contributed by atoms with Crippen LogP contribution in [0.15, 0.2) is 24.3 Å². The van der Waals surface area contributed by atoms with Crippen LogP contribution in [0.25, 0.3) is 10.9 Å². The molecule has 0 saturated carbocycles. The third-order valence-corrected chi connectivity index (χ3v) is 3.16. The molecule has 0 atom stereocenters. The predicted octanol–water partition coefficient (Wildman–Crippen LogP) is 3.54. The smallest absolute Gasteiger partial charge is 0.239 e. The molecule has 21 heavy (non-hydrogen) atoms. The second-order valence-corrected chi connectivity index (χ2v) is 7.30. The molecule has 5 nitrogen and oxygen atoms in total. The van der Waals surface area contributed by atoms with Gasteiger partial charge in [-0.2, -0.15) is 4.98 Å². The van der Waals surface area contributed by atoms with E-state index in [0.29, 0.717) is 5.95 Å². The zero-order valence-corrected chi connectivity index (χ0v) is 13.5. The van der Waals surface area contributed by atoms with E-state index in [-0.39, 0.29) is 11.0 Å². The highest BCUT2D eigenvalue weighted by Crippen LogP contribution is 2.31. The van der Waals surface area contributed by atoms with Gasteiger partial charge in [0.25, 0.3) is 0 Å². The normalized spacial score (nSPS) is 12.5. The van der Waals surface area contributed by atoms with Crippen molar-refractivity contribution in [2.45, 2.75) is 46.6 Å². The number of hydrogen-bond acceptors (Lipinski definition) is 5. The highest BCUT2D eigenvalue weighted by molar-refractivity contribution is 5.90. The van der Waals surface area contributed by atoms with E-state index in [2.05, 4.69) is 55.3 Å². The molecule has 0 fully saturated rings. The first-order valence-corrected chi connectivity index (χ1v) is 7.22. The van der Waals surface area contributed by atoms with E-state index in [0.717, 1.165) is 23.1 Å². The van der Waals surface area contributed by atoms with Gasteiger partial charge in [0.15, 0.2) is 0 Å². The molecular formula is C16H25N5. The Labute approximate surface area is 126 Å². The van der Waals surface area contributed by atoms with E-state index >= 15 is 0 Å². The maximum Gasteiger partial charge on any atom is 0.239 e. The predicted molar refractivity (Wildman–Crippen MR) is 89.1 cm³/mol. The Kier molecular flexibility index (Phi) is 4.05. The summed E-state index contributed by atoms with van der Waals surface area (Å²) >= 11 is 0. The summed E-state index contributed by atoms with van der Waals surface area (Å²) in [5, 5.41) is 4.54. The van der Waals surface area contributed by atoms with Gasteiger partial charge in [-0.1, -0.05) is 32.9 Å². The fourth-order valence-corrected chi connectivity index (χ4v) is 2.93. The quantitative estimate of drug-likeness (QED) is 0.592. The van der Waals surface area contributed by atoms with Gasteiger partial charge in [0.05, 0.1) is 5.52 Å². The molecule has 2 aromatic rings. The lowest BCUT2D eigenvalue weighted by Crippen LogP contribution is -2.36. The van der Waals surface area contributed by atoms with Gasteiger partial charge in [0, 0.05) is 10.9 Å². The van der Waals surface area contributed by atoms with Crippen molar-refractivity contribution in [2.24, 2.45) is 11.3 Å². The molecule has 1 aromatic heterocycles. The number of nitrogens with two attached hydrogens (primary N) is 1. The molecule has 0 aliphatic carbocycles. The minimum Gasteiger partial charge on any atom is -0.364 e. The molecule has 0 aliphatic rings. The molecule has 1 aromatic carbocycles. The lowest BCUT2D eigenvalue weighted by molar-refractivity contribution is 0.302. The van der Waals surface area contributed by atoms with E-state index in [4.69, 9.17) is 5.84 Å². The number of hydrogen-bond donors (Lipinski definition) is 3. The molecule has 0 aliphatic heterocycles. The molecule has 0 radical (unpaired) electrons. The molecule has 0 spiro atoms. The summed E-state index contributed by atoms with van der Waals surface area (Å²) in [6.07, 6.45) is 1.02. The summed E-state index contributed by atoms with van der Waals surface area (Å²) in [4.78, 5) is 8.85. The Hall–Kier alpha value is -1.88. The van der Waals surface area contributed by atoms with Gasteiger partial charge in [-0.05, 0) is 37.8 Å². The Balaban J connectivity index is 2.41. The zero-order valence-electron chi connectivity index (χ0n) is 13.5. The number of anilines is 2. The summed E-state index contributed by atoms with van der Waals surface area (Å²) < 4.78 is 0. The molecule has 0 unspecified atom stereocenters. The van der Waals surface area contributed by atoms with Gasteiger partial charge < -0.3 is 5.32 Å². The number of aromatic nitrogens is 2. The molecule has 1 heterocycles. The SMILES string of the molecule is CC(C)(C)CC(C)(C)Nc1nc(NN)nc2ccccc12. The average molecular weight is 287 g/mol. The van der Waals surface area contributed by atoms with Crippen LogP contribution < -0.4 is 16.6 Å². The second kappa shape index (κ2) is 5.48. The third-order valence-electron chi connectivity index (χ3n) is 3.16. The van der Waals surface area contributed by atoms with Crippen LogP contribution >= 0.6 is 0 Å². The topological polar surface area (TPSA) is 75.9 Å². The molecule has 5 heteroatoms. The summed E-state index contributed by atoms with van der Waals surface area (Å²) in [6.45, 7) is 11.1. The highest BCUT2D eigenvalue weighted by atomic mass is 15.3. The Morgan fingerprint density at radius 2 is 1.71 bits per heavy atom. The maximum atomic E-state index is 5.47. The van der Waals surface area contributed by atoms with E-state index in [1.54, 1.807) is 0 Å². The molecule has 0 saturated heterocycles. The van der Waals surface area contributed by atoms with Crippen molar-refractivity contribution in [1.29, 1.82) is 0 Å². The highest BCUT2D eigenvalue weighted by Gasteiger charge is 2.26. The fraction of sp³-hybridized carbons (Fsp3) is 0.500. The van der Waals surface area contributed by atoms with Crippen molar-refractivity contribution in [3.63, 3.8) is 0 Å². The third kappa shape index (κ3) is 4.04. The number of benzene rings is 1. The first-order valence-electron chi connectivity index (χ1n) is 7.22. The van der Waals surface area contributed by atoms with Crippen LogP contribution in [0, 0.1) is 5.41 Å². The summed E-state index contributed by atoms with van der Waals surface area (Å²) in [7, 11) is 0. The first-order chi connectivity index (χ1) is 9.70. The summed E-state index contributed by atoms with van der Waals surface area (Å²) in [5.74, 6) is 6.70. The second-order valence-electron chi connectivity index (χ2n) is 7.30. The molecular weight excluding hydrogens is 262 g/mol. The number of fused-ring (bicyclic) bond motifs is 1. The molecule has 2 rings (SSSR count). The standard InChI is InChI=1S/C16H25N5/c1-15(2,3)10-16(4,5)20-13-11-8-6-7-9-12(11)18-14(19-13)21-17/h6-9H,10,17H2,1-5H3,(H2,18,19,20,21). The lowest BCUT2D eigenvalue weighted by atomic mass is 9.82. The van der Waals surface area contributed by atoms with Crippen molar-refractivity contribution >= 4 is 22.7 Å². The molecule has 4 N–H and O–H groups in total. The Morgan fingerprint density at radius 3 is 2.33 bits per heavy atom. The number of para-hydroxylation sites is 1. The van der Waals surface area contributed by atoms with E-state index in [9.17, 15) is 0 Å². The van der Waals surface area contributed by atoms with Crippen molar-refractivity contribution in [1.82, 2.24) is 9.97 Å². The minimum atomic E-state index is -0.0821. The number of hydrazine groups is 1. The number of nitrogens with one attached hydrogen (secondary N) is 2. The van der Waals surface area contributed by atoms with Gasteiger partial charge in [0.1, 0.15) is 5.82 Å². The Bertz CT molecular complexity index is 628. The summed E-state index contributed by atoms with van der Waals surface area (Å²) in [5.41, 5.74) is 3.55. The van der Waals surface area contributed by atoms with Gasteiger partial charge >= 0.3 is 0 Å². The Morgan fingerprint density at radius 1 is 1.05 bits per heavy atom. The van der Waals surface area contributed by atoms with Gasteiger partial charge in [-0.25, -0.2) is 10.8 Å². The molecule has 114 valence electrons. The number of nitrogens with zero attached hydrogens (tertiary/aromatic N) is 2. The van der Waals surface area contributed by atoms with Crippen molar-refractivity contribution in [3.8, 4) is 0 Å². The largest absolute Gasteiger partial charge is 0.364 e. The van der Waals surface area contributed by atoms with Crippen LogP contribution in [-0.2, 0) is 0 Å². The van der Waals surface area contributed by atoms with Crippen LogP contribution in [-0.4, -0.2) is 15.5 Å². The molecule has 0 amide bonds. The van der Waals surface area contributed by atoms with Gasteiger partial charge in [-0.3, -0.25) is 5.43 Å². The van der Waals surface area contributed by atoms with Crippen molar-refractivity contribution in [2.75, 3.05) is 10.7 Å². The van der Waals surface area contributed by atoms with Crippen LogP contribution in [0.4, 0.5) is 11.8 Å². The lowest BCUT2D eigenvalue weighted by Gasteiger charge is -2.34. The zero-order chi connectivity index (χ0) is 15.7. The summed E-state index contributed by atoms with van der Waals surface area (Å²) in [6, 6.07) is 7.92. The van der Waals surface area contributed by atoms with Gasteiger partial charge in [0.2, 0.25) is 5.95 Å². The molecule has 0 bridgehead atoms. The maximum absolute atomic E-state index is 5.47. The van der Waals surface area contributed by atoms with Crippen molar-refractivity contribution in [3.05, 3.63) is 24.3 Å². The van der Waals surface area contributed by atoms with Crippen LogP contribution in [0.5, 0.6) is 0 Å². The number of rotatable bonds is 4. The van der Waals surface area contributed by atoms with Crippen molar-refractivity contribution < 1.29 is 0 Å². The van der Waals surface area contributed by atoms with E-state index < -0.39 is 0 Å². The first kappa shape index (κ1) is 15.5. The fourth-order valence-electron chi connectivity index (χ4n) is 2.93. The minimum absolute atomic E-state index is 0.0821. The van der Waals surface area contributed by atoms with Crippen LogP contribution in [0.3, 0.4) is 0 Å². The average Bonchev–Trinajstić information content (AvgIpc) is 2.35. The van der Waals surface area contributed by atoms with Crippen LogP contribution in [0.2, 0.25) is 0 Å². The van der Waals surface area contributed by atoms with E-state index in [1.807, 2.05) is 24.3 Å². The van der Waals surface area contributed by atoms with E-state index in [1.165, 1.54) is 0 Å². The van der Waals surface area contributed by atoms with Crippen LogP contribution in [0.1, 0.15) is 41.0 Å². The van der Waals surface area contributed by atoms with Gasteiger partial charge in [-0.15, -0.1) is 0 Å². The number of nitrogen functional groups attached to an aromatic ring is 1.